The normalized spacial score (nSPS) is 16.9. The highest BCUT2D eigenvalue weighted by molar-refractivity contribution is 6.32. The fraction of sp³-hybridized carbons (Fsp3) is 0.375. The van der Waals surface area contributed by atoms with E-state index in [1.165, 1.54) is 0 Å². The van der Waals surface area contributed by atoms with Crippen LogP contribution in [-0.4, -0.2) is 13.0 Å². The Kier molecular flexibility index (Phi) is 2.71. The SMILES string of the molecule is CNC(=O)C1=C(Cl)CCC=C1. The first kappa shape index (κ1) is 8.34. The molecule has 1 aliphatic carbocycles. The average Bonchev–Trinajstić information content (AvgIpc) is 2.04. The van der Waals surface area contributed by atoms with Gasteiger partial charge in [0.15, 0.2) is 0 Å². The van der Waals surface area contributed by atoms with Crippen molar-refractivity contribution < 1.29 is 4.79 Å². The molecule has 1 N–H and O–H groups in total. The van der Waals surface area contributed by atoms with Crippen LogP contribution in [0.25, 0.3) is 0 Å². The lowest BCUT2D eigenvalue weighted by molar-refractivity contribution is -0.116. The average molecular weight is 172 g/mol. The molecule has 0 aromatic rings. The maximum absolute atomic E-state index is 11.1. The smallest absolute Gasteiger partial charge is 0.252 e. The predicted molar refractivity (Wildman–Crippen MR) is 45.3 cm³/mol. The van der Waals surface area contributed by atoms with Gasteiger partial charge in [-0.2, -0.15) is 0 Å². The predicted octanol–water partition coefficient (Wildman–Crippen LogP) is 1.58. The number of hydrogen-bond donors (Lipinski definition) is 1. The maximum Gasteiger partial charge on any atom is 0.252 e. The molecule has 0 aromatic carbocycles. The molecule has 1 amide bonds. The van der Waals surface area contributed by atoms with Crippen molar-refractivity contribution in [2.75, 3.05) is 7.05 Å². The Morgan fingerprint density at radius 2 is 2.45 bits per heavy atom. The first-order valence-corrected chi connectivity index (χ1v) is 3.90. The number of allylic oxidation sites excluding steroid dienone is 2. The van der Waals surface area contributed by atoms with Crippen molar-refractivity contribution in [1.82, 2.24) is 5.32 Å². The Labute approximate surface area is 70.9 Å². The fourth-order valence-electron chi connectivity index (χ4n) is 0.970. The summed E-state index contributed by atoms with van der Waals surface area (Å²) >= 11 is 5.82. The Morgan fingerprint density at radius 1 is 1.73 bits per heavy atom. The van der Waals surface area contributed by atoms with Gasteiger partial charge in [-0.3, -0.25) is 4.79 Å². The van der Waals surface area contributed by atoms with Crippen molar-refractivity contribution in [3.63, 3.8) is 0 Å². The van der Waals surface area contributed by atoms with Crippen molar-refractivity contribution in [2.45, 2.75) is 12.8 Å². The van der Waals surface area contributed by atoms with Gasteiger partial charge in [0.1, 0.15) is 0 Å². The Hall–Kier alpha value is -0.760. The number of amides is 1. The Balaban J connectivity index is 2.83. The van der Waals surface area contributed by atoms with Gasteiger partial charge in [-0.05, 0) is 12.8 Å². The van der Waals surface area contributed by atoms with Crippen molar-refractivity contribution in [1.29, 1.82) is 0 Å². The van der Waals surface area contributed by atoms with Gasteiger partial charge in [0.05, 0.1) is 5.57 Å². The van der Waals surface area contributed by atoms with E-state index in [2.05, 4.69) is 5.32 Å². The van der Waals surface area contributed by atoms with Crippen molar-refractivity contribution in [2.24, 2.45) is 0 Å². The number of rotatable bonds is 1. The standard InChI is InChI=1S/C8H10ClNO/c1-10-8(11)6-4-2-3-5-7(6)9/h2,4H,3,5H2,1H3,(H,10,11). The first-order valence-electron chi connectivity index (χ1n) is 3.53. The molecule has 0 unspecified atom stereocenters. The summed E-state index contributed by atoms with van der Waals surface area (Å²) in [5, 5.41) is 3.19. The van der Waals surface area contributed by atoms with Crippen molar-refractivity contribution in [3.8, 4) is 0 Å². The van der Waals surface area contributed by atoms with Crippen LogP contribution < -0.4 is 5.32 Å². The van der Waals surface area contributed by atoms with Crippen molar-refractivity contribution in [3.05, 3.63) is 22.8 Å². The van der Waals surface area contributed by atoms with E-state index in [4.69, 9.17) is 11.6 Å². The minimum absolute atomic E-state index is 0.106. The number of likely N-dealkylation sites (N-methyl/N-ethyl adjacent to an activating group) is 1. The lowest BCUT2D eigenvalue weighted by Crippen LogP contribution is -2.20. The van der Waals surface area contributed by atoms with E-state index in [0.29, 0.717) is 10.6 Å². The summed E-state index contributed by atoms with van der Waals surface area (Å²) in [6.07, 6.45) is 5.43. The molecule has 3 heteroatoms. The quantitative estimate of drug-likeness (QED) is 0.638. The summed E-state index contributed by atoms with van der Waals surface area (Å²) in [6, 6.07) is 0. The second-order valence-electron chi connectivity index (χ2n) is 2.34. The number of carbonyl (C=O) groups is 1. The van der Waals surface area contributed by atoms with E-state index in [0.717, 1.165) is 12.8 Å². The lowest BCUT2D eigenvalue weighted by atomic mass is 10.1. The van der Waals surface area contributed by atoms with Crippen molar-refractivity contribution >= 4 is 17.5 Å². The molecule has 0 aromatic heterocycles. The molecule has 1 rings (SSSR count). The lowest BCUT2D eigenvalue weighted by Gasteiger charge is -2.08. The molecule has 0 spiro atoms. The van der Waals surface area contributed by atoms with E-state index in [9.17, 15) is 4.79 Å². The van der Waals surface area contributed by atoms with E-state index >= 15 is 0 Å². The topological polar surface area (TPSA) is 29.1 Å². The van der Waals surface area contributed by atoms with E-state index in [-0.39, 0.29) is 5.91 Å². The second-order valence-corrected chi connectivity index (χ2v) is 2.79. The zero-order valence-corrected chi connectivity index (χ0v) is 7.11. The van der Waals surface area contributed by atoms with Crippen LogP contribution >= 0.6 is 11.6 Å². The molecule has 0 aliphatic heterocycles. The first-order chi connectivity index (χ1) is 5.25. The molecule has 0 bridgehead atoms. The maximum atomic E-state index is 11.1. The van der Waals surface area contributed by atoms with Gasteiger partial charge in [-0.1, -0.05) is 23.8 Å². The summed E-state index contributed by atoms with van der Waals surface area (Å²) in [4.78, 5) is 11.1. The zero-order valence-electron chi connectivity index (χ0n) is 6.36. The molecule has 0 atom stereocenters. The molecule has 1 aliphatic rings. The summed E-state index contributed by atoms with van der Waals surface area (Å²) in [5.74, 6) is -0.106. The zero-order chi connectivity index (χ0) is 8.27. The molecule has 0 heterocycles. The molecular weight excluding hydrogens is 162 g/mol. The highest BCUT2D eigenvalue weighted by Crippen LogP contribution is 2.21. The number of halogens is 1. The van der Waals surface area contributed by atoms with Gasteiger partial charge in [0, 0.05) is 12.1 Å². The number of carbonyl (C=O) groups excluding carboxylic acids is 1. The molecule has 0 saturated heterocycles. The van der Waals surface area contributed by atoms with Gasteiger partial charge >= 0.3 is 0 Å². The molecule has 0 fully saturated rings. The minimum atomic E-state index is -0.106. The number of hydrogen-bond acceptors (Lipinski definition) is 1. The van der Waals surface area contributed by atoms with Gasteiger partial charge < -0.3 is 5.32 Å². The van der Waals surface area contributed by atoms with Crippen LogP contribution in [-0.2, 0) is 4.79 Å². The monoisotopic (exact) mass is 171 g/mol. The largest absolute Gasteiger partial charge is 0.355 e. The molecule has 11 heavy (non-hydrogen) atoms. The van der Waals surface area contributed by atoms with Gasteiger partial charge in [-0.25, -0.2) is 0 Å². The fourth-order valence-corrected chi connectivity index (χ4v) is 1.23. The highest BCUT2D eigenvalue weighted by Gasteiger charge is 2.11. The summed E-state index contributed by atoms with van der Waals surface area (Å²) in [7, 11) is 1.60. The van der Waals surface area contributed by atoms with Gasteiger partial charge in [0.2, 0.25) is 0 Å². The van der Waals surface area contributed by atoms with Crippen LogP contribution in [0.4, 0.5) is 0 Å². The van der Waals surface area contributed by atoms with Crippen LogP contribution in [0.1, 0.15) is 12.8 Å². The Morgan fingerprint density at radius 3 is 3.00 bits per heavy atom. The molecule has 60 valence electrons. The summed E-state index contributed by atoms with van der Waals surface area (Å²) in [6.45, 7) is 0. The third kappa shape index (κ3) is 1.84. The molecule has 0 saturated carbocycles. The Bertz CT molecular complexity index is 230. The molecule has 0 radical (unpaired) electrons. The molecule has 2 nitrogen and oxygen atoms in total. The van der Waals surface area contributed by atoms with E-state index in [1.54, 1.807) is 13.1 Å². The van der Waals surface area contributed by atoms with Crippen LogP contribution in [0.15, 0.2) is 22.8 Å². The summed E-state index contributed by atoms with van der Waals surface area (Å²) in [5.41, 5.74) is 0.598. The third-order valence-electron chi connectivity index (χ3n) is 1.58. The van der Waals surface area contributed by atoms with E-state index < -0.39 is 0 Å². The van der Waals surface area contributed by atoms with Crippen LogP contribution in [0, 0.1) is 0 Å². The van der Waals surface area contributed by atoms with Crippen LogP contribution in [0.3, 0.4) is 0 Å². The van der Waals surface area contributed by atoms with Crippen LogP contribution in [0.2, 0.25) is 0 Å². The van der Waals surface area contributed by atoms with Crippen LogP contribution in [0.5, 0.6) is 0 Å². The summed E-state index contributed by atoms with van der Waals surface area (Å²) < 4.78 is 0. The van der Waals surface area contributed by atoms with Gasteiger partial charge in [0.25, 0.3) is 5.91 Å². The number of nitrogens with one attached hydrogen (secondary N) is 1. The highest BCUT2D eigenvalue weighted by atomic mass is 35.5. The van der Waals surface area contributed by atoms with E-state index in [1.807, 2.05) is 6.08 Å². The minimum Gasteiger partial charge on any atom is -0.355 e. The van der Waals surface area contributed by atoms with Gasteiger partial charge in [-0.15, -0.1) is 0 Å². The molecular formula is C8H10ClNO. The second kappa shape index (κ2) is 3.58. The third-order valence-corrected chi connectivity index (χ3v) is 1.97.